The number of carbonyl (C=O) groups excluding carboxylic acids is 1. The summed E-state index contributed by atoms with van der Waals surface area (Å²) in [5, 5.41) is 8.62. The highest BCUT2D eigenvalue weighted by Gasteiger charge is 1.96. The summed E-state index contributed by atoms with van der Waals surface area (Å²) in [7, 11) is 1.43. The average molecular weight is 256 g/mol. The van der Waals surface area contributed by atoms with Crippen LogP contribution in [0.1, 0.15) is 64.2 Å². The first kappa shape index (κ1) is 17.2. The van der Waals surface area contributed by atoms with Crippen LogP contribution < -0.4 is 0 Å². The first-order chi connectivity index (χ1) is 8.81. The minimum atomic E-state index is -0.119. The van der Waals surface area contributed by atoms with Gasteiger partial charge in [-0.1, -0.05) is 37.8 Å². The maximum atomic E-state index is 10.8. The monoisotopic (exact) mass is 256 g/mol. The predicted molar refractivity (Wildman–Crippen MR) is 74.4 cm³/mol. The Morgan fingerprint density at radius 1 is 0.944 bits per heavy atom. The van der Waals surface area contributed by atoms with E-state index in [0.29, 0.717) is 13.0 Å². The molecule has 0 aliphatic heterocycles. The zero-order valence-electron chi connectivity index (χ0n) is 11.7. The van der Waals surface area contributed by atoms with Gasteiger partial charge < -0.3 is 9.84 Å². The summed E-state index contributed by atoms with van der Waals surface area (Å²) in [6.07, 6.45) is 15.0. The maximum Gasteiger partial charge on any atom is 0.305 e. The Morgan fingerprint density at radius 3 is 2.11 bits per heavy atom. The Bertz CT molecular complexity index is 212. The van der Waals surface area contributed by atoms with E-state index in [4.69, 9.17) is 5.11 Å². The molecule has 0 amide bonds. The molecule has 106 valence electrons. The van der Waals surface area contributed by atoms with Crippen LogP contribution in [0.2, 0.25) is 0 Å². The van der Waals surface area contributed by atoms with Crippen LogP contribution in [0.5, 0.6) is 0 Å². The fraction of sp³-hybridized carbons (Fsp3) is 0.800. The molecule has 0 spiro atoms. The van der Waals surface area contributed by atoms with Gasteiger partial charge in [0.05, 0.1) is 7.11 Å². The molecular formula is C15H28O3. The number of methoxy groups -OCH3 is 1. The van der Waals surface area contributed by atoms with Crippen LogP contribution >= 0.6 is 0 Å². The van der Waals surface area contributed by atoms with Gasteiger partial charge in [0, 0.05) is 13.0 Å². The van der Waals surface area contributed by atoms with Gasteiger partial charge in [0.25, 0.3) is 0 Å². The van der Waals surface area contributed by atoms with Crippen molar-refractivity contribution in [1.82, 2.24) is 0 Å². The van der Waals surface area contributed by atoms with Gasteiger partial charge in [-0.3, -0.25) is 4.79 Å². The van der Waals surface area contributed by atoms with Gasteiger partial charge in [-0.25, -0.2) is 0 Å². The second-order valence-electron chi connectivity index (χ2n) is 4.57. The Balaban J connectivity index is 3.11. The smallest absolute Gasteiger partial charge is 0.305 e. The highest BCUT2D eigenvalue weighted by atomic mass is 16.5. The largest absolute Gasteiger partial charge is 0.469 e. The van der Waals surface area contributed by atoms with E-state index in [0.717, 1.165) is 32.1 Å². The molecule has 0 saturated carbocycles. The quantitative estimate of drug-likeness (QED) is 0.329. The van der Waals surface area contributed by atoms with E-state index in [1.807, 2.05) is 0 Å². The number of unbranched alkanes of at least 4 members (excludes halogenated alkanes) is 7. The lowest BCUT2D eigenvalue weighted by Gasteiger charge is -1.99. The number of rotatable bonds is 12. The summed E-state index contributed by atoms with van der Waals surface area (Å²) in [5.41, 5.74) is 0. The molecule has 0 unspecified atom stereocenters. The van der Waals surface area contributed by atoms with Gasteiger partial charge in [0.1, 0.15) is 0 Å². The number of hydrogen-bond acceptors (Lipinski definition) is 3. The lowest BCUT2D eigenvalue weighted by atomic mass is 10.1. The Morgan fingerprint density at radius 2 is 1.50 bits per heavy atom. The van der Waals surface area contributed by atoms with Gasteiger partial charge in [-0.15, -0.1) is 0 Å². The van der Waals surface area contributed by atoms with Crippen LogP contribution in [0, 0.1) is 0 Å². The van der Waals surface area contributed by atoms with E-state index >= 15 is 0 Å². The Labute approximate surface area is 111 Å². The van der Waals surface area contributed by atoms with E-state index in [1.54, 1.807) is 0 Å². The van der Waals surface area contributed by atoms with Crippen molar-refractivity contribution in [3.63, 3.8) is 0 Å². The third kappa shape index (κ3) is 13.2. The van der Waals surface area contributed by atoms with E-state index in [-0.39, 0.29) is 5.97 Å². The number of esters is 1. The minimum Gasteiger partial charge on any atom is -0.469 e. The molecule has 0 aromatic heterocycles. The predicted octanol–water partition coefficient (Wildman–Crippen LogP) is 3.61. The van der Waals surface area contributed by atoms with Crippen molar-refractivity contribution < 1.29 is 14.6 Å². The minimum absolute atomic E-state index is 0.119. The molecular weight excluding hydrogens is 228 g/mol. The molecule has 0 aromatic rings. The van der Waals surface area contributed by atoms with Crippen LogP contribution in [0.4, 0.5) is 0 Å². The van der Waals surface area contributed by atoms with Gasteiger partial charge in [0.2, 0.25) is 0 Å². The SMILES string of the molecule is COC(=O)CCC/C=C\CCCCCCCCO. The number of carbonyl (C=O) groups is 1. The fourth-order valence-corrected chi connectivity index (χ4v) is 1.78. The molecule has 0 rings (SSSR count). The third-order valence-electron chi connectivity index (χ3n) is 2.92. The summed E-state index contributed by atoms with van der Waals surface area (Å²) in [6, 6.07) is 0. The van der Waals surface area contributed by atoms with Gasteiger partial charge >= 0.3 is 5.97 Å². The van der Waals surface area contributed by atoms with Crippen molar-refractivity contribution >= 4 is 5.97 Å². The first-order valence-electron chi connectivity index (χ1n) is 7.14. The van der Waals surface area contributed by atoms with E-state index in [9.17, 15) is 4.79 Å². The number of allylic oxidation sites excluding steroid dienone is 2. The van der Waals surface area contributed by atoms with Crippen LogP contribution in [-0.4, -0.2) is 24.8 Å². The number of ether oxygens (including phenoxy) is 1. The summed E-state index contributed by atoms with van der Waals surface area (Å²) >= 11 is 0. The second-order valence-corrected chi connectivity index (χ2v) is 4.57. The fourth-order valence-electron chi connectivity index (χ4n) is 1.78. The highest BCUT2D eigenvalue weighted by Crippen LogP contribution is 2.08. The van der Waals surface area contributed by atoms with Crippen LogP contribution in [0.15, 0.2) is 12.2 Å². The van der Waals surface area contributed by atoms with Crippen molar-refractivity contribution in [1.29, 1.82) is 0 Å². The van der Waals surface area contributed by atoms with Gasteiger partial charge in [-0.05, 0) is 32.1 Å². The Kier molecular flexibility index (Phi) is 13.6. The molecule has 18 heavy (non-hydrogen) atoms. The molecule has 0 atom stereocenters. The molecule has 1 N–H and O–H groups in total. The van der Waals surface area contributed by atoms with Crippen molar-refractivity contribution in [3.05, 3.63) is 12.2 Å². The first-order valence-corrected chi connectivity index (χ1v) is 7.14. The zero-order chi connectivity index (χ0) is 13.5. The molecule has 0 heterocycles. The summed E-state index contributed by atoms with van der Waals surface area (Å²) in [4.78, 5) is 10.8. The summed E-state index contributed by atoms with van der Waals surface area (Å²) < 4.78 is 4.57. The van der Waals surface area contributed by atoms with E-state index in [2.05, 4.69) is 16.9 Å². The van der Waals surface area contributed by atoms with E-state index < -0.39 is 0 Å². The van der Waals surface area contributed by atoms with Gasteiger partial charge in [-0.2, -0.15) is 0 Å². The summed E-state index contributed by atoms with van der Waals surface area (Å²) in [5.74, 6) is -0.119. The molecule has 3 heteroatoms. The van der Waals surface area contributed by atoms with Crippen molar-refractivity contribution in [3.8, 4) is 0 Å². The number of hydrogen-bond donors (Lipinski definition) is 1. The van der Waals surface area contributed by atoms with Crippen LogP contribution in [0.3, 0.4) is 0 Å². The molecule has 0 saturated heterocycles. The van der Waals surface area contributed by atoms with Crippen molar-refractivity contribution in [2.24, 2.45) is 0 Å². The van der Waals surface area contributed by atoms with E-state index in [1.165, 1.54) is 32.8 Å². The van der Waals surface area contributed by atoms with Crippen LogP contribution in [-0.2, 0) is 9.53 Å². The van der Waals surface area contributed by atoms with Crippen molar-refractivity contribution in [2.45, 2.75) is 64.2 Å². The number of aliphatic hydroxyl groups is 1. The molecule has 0 aliphatic rings. The molecule has 3 nitrogen and oxygen atoms in total. The molecule has 0 radical (unpaired) electrons. The van der Waals surface area contributed by atoms with Crippen molar-refractivity contribution in [2.75, 3.05) is 13.7 Å². The van der Waals surface area contributed by atoms with Gasteiger partial charge in [0.15, 0.2) is 0 Å². The topological polar surface area (TPSA) is 46.5 Å². The highest BCUT2D eigenvalue weighted by molar-refractivity contribution is 5.68. The van der Waals surface area contributed by atoms with Crippen LogP contribution in [0.25, 0.3) is 0 Å². The average Bonchev–Trinajstić information content (AvgIpc) is 2.39. The Hall–Kier alpha value is -0.830. The zero-order valence-corrected chi connectivity index (χ0v) is 11.7. The molecule has 0 bridgehead atoms. The lowest BCUT2D eigenvalue weighted by Crippen LogP contribution is -1.98. The molecule has 0 fully saturated rings. The third-order valence-corrected chi connectivity index (χ3v) is 2.92. The molecule has 0 aromatic carbocycles. The summed E-state index contributed by atoms with van der Waals surface area (Å²) in [6.45, 7) is 0.328. The molecule has 0 aliphatic carbocycles. The number of aliphatic hydroxyl groups excluding tert-OH is 1. The standard InChI is InChI=1S/C15H28O3/c1-18-15(17)13-11-9-7-5-3-2-4-6-8-10-12-14-16/h5,7,16H,2-4,6,8-14H2,1H3/b7-5-. The normalized spacial score (nSPS) is 11.0. The maximum absolute atomic E-state index is 10.8. The lowest BCUT2D eigenvalue weighted by molar-refractivity contribution is -0.140. The second kappa shape index (κ2) is 14.2.